The van der Waals surface area contributed by atoms with Crippen molar-refractivity contribution in [1.29, 1.82) is 0 Å². The first kappa shape index (κ1) is 16.9. The van der Waals surface area contributed by atoms with Crippen LogP contribution >= 0.6 is 15.9 Å². The van der Waals surface area contributed by atoms with Gasteiger partial charge >= 0.3 is 0 Å². The zero-order valence-electron chi connectivity index (χ0n) is 13.0. The molecule has 0 aliphatic rings. The third-order valence-corrected chi connectivity index (χ3v) is 5.84. The van der Waals surface area contributed by atoms with Crippen LogP contribution in [0.25, 0.3) is 5.69 Å². The number of hydrogen-bond acceptors (Lipinski definition) is 3. The Balaban J connectivity index is 1.73. The molecule has 3 aromatic rings. The van der Waals surface area contributed by atoms with Gasteiger partial charge < -0.3 is 0 Å². The zero-order valence-corrected chi connectivity index (χ0v) is 15.4. The number of hydrogen-bond donors (Lipinski definition) is 1. The molecule has 24 heavy (non-hydrogen) atoms. The van der Waals surface area contributed by atoms with E-state index in [4.69, 9.17) is 0 Å². The molecule has 2 aromatic carbocycles. The maximum Gasteiger partial charge on any atom is 0.240 e. The van der Waals surface area contributed by atoms with Crippen molar-refractivity contribution in [1.82, 2.24) is 14.5 Å². The lowest BCUT2D eigenvalue weighted by atomic mass is 10.2. The lowest BCUT2D eigenvalue weighted by Crippen LogP contribution is -2.23. The van der Waals surface area contributed by atoms with Crippen LogP contribution in [0.2, 0.25) is 0 Å². The molecule has 0 bridgehead atoms. The molecule has 0 atom stereocenters. The van der Waals surface area contributed by atoms with Crippen LogP contribution in [0.1, 0.15) is 11.3 Å². The van der Waals surface area contributed by atoms with Gasteiger partial charge in [0.15, 0.2) is 0 Å². The van der Waals surface area contributed by atoms with Crippen LogP contribution in [0.4, 0.5) is 0 Å². The molecule has 0 saturated heterocycles. The molecular formula is C17H16BrN3O2S. The predicted molar refractivity (Wildman–Crippen MR) is 96.5 cm³/mol. The molecule has 0 saturated carbocycles. The zero-order chi connectivity index (χ0) is 17.2. The summed E-state index contributed by atoms with van der Waals surface area (Å²) in [7, 11) is -3.57. The number of para-hydroxylation sites is 1. The first-order valence-corrected chi connectivity index (χ1v) is 9.59. The minimum Gasteiger partial charge on any atom is -0.241 e. The van der Waals surface area contributed by atoms with E-state index >= 15 is 0 Å². The molecule has 0 fully saturated rings. The second kappa shape index (κ2) is 6.88. The summed E-state index contributed by atoms with van der Waals surface area (Å²) < 4.78 is 29.9. The first-order valence-electron chi connectivity index (χ1n) is 7.31. The van der Waals surface area contributed by atoms with Crippen molar-refractivity contribution in [3.05, 3.63) is 76.5 Å². The van der Waals surface area contributed by atoms with Crippen molar-refractivity contribution in [3.8, 4) is 5.69 Å². The SMILES string of the molecule is Cc1cc(S(=O)(=O)NCc2ccn(-c3ccccc3)n2)ccc1Br. The summed E-state index contributed by atoms with van der Waals surface area (Å²) in [5.41, 5.74) is 2.44. The summed E-state index contributed by atoms with van der Waals surface area (Å²) in [5.74, 6) is 0. The Morgan fingerprint density at radius 2 is 1.88 bits per heavy atom. The molecule has 0 spiro atoms. The third-order valence-electron chi connectivity index (χ3n) is 3.55. The molecule has 0 radical (unpaired) electrons. The number of halogens is 1. The fourth-order valence-corrected chi connectivity index (χ4v) is 3.55. The number of benzene rings is 2. The van der Waals surface area contributed by atoms with Crippen LogP contribution in [-0.4, -0.2) is 18.2 Å². The molecule has 1 heterocycles. The van der Waals surface area contributed by atoms with Crippen molar-refractivity contribution in [3.63, 3.8) is 0 Å². The highest BCUT2D eigenvalue weighted by molar-refractivity contribution is 9.10. The average Bonchev–Trinajstić information content (AvgIpc) is 3.05. The van der Waals surface area contributed by atoms with Gasteiger partial charge in [-0.25, -0.2) is 17.8 Å². The van der Waals surface area contributed by atoms with Crippen LogP contribution in [0.3, 0.4) is 0 Å². The van der Waals surface area contributed by atoms with Crippen molar-refractivity contribution in [2.24, 2.45) is 0 Å². The summed E-state index contributed by atoms with van der Waals surface area (Å²) >= 11 is 3.37. The Hall–Kier alpha value is -1.96. The van der Waals surface area contributed by atoms with Crippen LogP contribution in [0, 0.1) is 6.92 Å². The fraction of sp³-hybridized carbons (Fsp3) is 0.118. The van der Waals surface area contributed by atoms with Gasteiger partial charge in [0.05, 0.1) is 22.8 Å². The second-order valence-corrected chi connectivity index (χ2v) is 7.94. The summed E-state index contributed by atoms with van der Waals surface area (Å²) in [4.78, 5) is 0.241. The molecule has 1 N–H and O–H groups in total. The smallest absolute Gasteiger partial charge is 0.240 e. The lowest BCUT2D eigenvalue weighted by molar-refractivity contribution is 0.580. The average molecular weight is 406 g/mol. The molecule has 7 heteroatoms. The van der Waals surface area contributed by atoms with E-state index in [-0.39, 0.29) is 11.4 Å². The number of rotatable bonds is 5. The third kappa shape index (κ3) is 3.75. The van der Waals surface area contributed by atoms with E-state index in [1.807, 2.05) is 43.5 Å². The van der Waals surface area contributed by atoms with E-state index in [2.05, 4.69) is 25.8 Å². The predicted octanol–water partition coefficient (Wildman–Crippen LogP) is 3.42. The van der Waals surface area contributed by atoms with Crippen molar-refractivity contribution in [2.45, 2.75) is 18.4 Å². The normalized spacial score (nSPS) is 11.6. The minimum atomic E-state index is -3.57. The summed E-state index contributed by atoms with van der Waals surface area (Å²) in [6.07, 6.45) is 1.81. The Morgan fingerprint density at radius 1 is 1.12 bits per heavy atom. The van der Waals surface area contributed by atoms with Crippen LogP contribution in [0.5, 0.6) is 0 Å². The van der Waals surface area contributed by atoms with E-state index in [0.29, 0.717) is 5.69 Å². The number of nitrogens with zero attached hydrogens (tertiary/aromatic N) is 2. The standard InChI is InChI=1S/C17H16BrN3O2S/c1-13-11-16(7-8-17(13)18)24(22,23)19-12-14-9-10-21(20-14)15-5-3-2-4-6-15/h2-11,19H,12H2,1H3. The lowest BCUT2D eigenvalue weighted by Gasteiger charge is -2.07. The van der Waals surface area contributed by atoms with Crippen LogP contribution in [0.15, 0.2) is 70.2 Å². The van der Waals surface area contributed by atoms with Gasteiger partial charge in [-0.15, -0.1) is 0 Å². The van der Waals surface area contributed by atoms with Gasteiger partial charge in [-0.2, -0.15) is 5.10 Å². The maximum absolute atomic E-state index is 12.4. The van der Waals surface area contributed by atoms with E-state index in [1.165, 1.54) is 0 Å². The number of sulfonamides is 1. The quantitative estimate of drug-likeness (QED) is 0.706. The Labute approximate surface area is 149 Å². The topological polar surface area (TPSA) is 64.0 Å². The molecule has 0 aliphatic heterocycles. The molecule has 3 rings (SSSR count). The molecule has 0 aliphatic carbocycles. The van der Waals surface area contributed by atoms with Gasteiger partial charge in [0.2, 0.25) is 10.0 Å². The number of nitrogens with one attached hydrogen (secondary N) is 1. The Kier molecular flexibility index (Phi) is 4.84. The summed E-state index contributed by atoms with van der Waals surface area (Å²) in [5, 5.41) is 4.39. The van der Waals surface area contributed by atoms with Gasteiger partial charge in [0, 0.05) is 10.7 Å². The fourth-order valence-electron chi connectivity index (χ4n) is 2.22. The van der Waals surface area contributed by atoms with E-state index in [9.17, 15) is 8.42 Å². The van der Waals surface area contributed by atoms with Gasteiger partial charge in [-0.1, -0.05) is 34.1 Å². The number of aryl methyl sites for hydroxylation is 1. The Bertz CT molecular complexity index is 953. The molecule has 5 nitrogen and oxygen atoms in total. The summed E-state index contributed by atoms with van der Waals surface area (Å²) in [6.45, 7) is 1.99. The second-order valence-electron chi connectivity index (χ2n) is 5.32. The van der Waals surface area contributed by atoms with E-state index in [0.717, 1.165) is 15.7 Å². The molecule has 0 unspecified atom stereocenters. The molecule has 1 aromatic heterocycles. The molecule has 0 amide bonds. The highest BCUT2D eigenvalue weighted by Gasteiger charge is 2.15. The minimum absolute atomic E-state index is 0.136. The van der Waals surface area contributed by atoms with Crippen LogP contribution in [-0.2, 0) is 16.6 Å². The van der Waals surface area contributed by atoms with Crippen molar-refractivity contribution in [2.75, 3.05) is 0 Å². The monoisotopic (exact) mass is 405 g/mol. The first-order chi connectivity index (χ1) is 11.5. The highest BCUT2D eigenvalue weighted by atomic mass is 79.9. The highest BCUT2D eigenvalue weighted by Crippen LogP contribution is 2.20. The van der Waals surface area contributed by atoms with Crippen LogP contribution < -0.4 is 4.72 Å². The van der Waals surface area contributed by atoms with Gasteiger partial charge in [0.25, 0.3) is 0 Å². The van der Waals surface area contributed by atoms with Gasteiger partial charge in [0.1, 0.15) is 0 Å². The van der Waals surface area contributed by atoms with Gasteiger partial charge in [-0.3, -0.25) is 0 Å². The van der Waals surface area contributed by atoms with Gasteiger partial charge in [-0.05, 0) is 48.9 Å². The molecular weight excluding hydrogens is 390 g/mol. The molecule has 124 valence electrons. The van der Waals surface area contributed by atoms with E-state index in [1.54, 1.807) is 28.9 Å². The summed E-state index contributed by atoms with van der Waals surface area (Å²) in [6, 6.07) is 16.4. The van der Waals surface area contributed by atoms with Crippen molar-refractivity contribution < 1.29 is 8.42 Å². The largest absolute Gasteiger partial charge is 0.241 e. The number of aromatic nitrogens is 2. The Morgan fingerprint density at radius 3 is 2.58 bits per heavy atom. The maximum atomic E-state index is 12.4. The van der Waals surface area contributed by atoms with E-state index < -0.39 is 10.0 Å². The van der Waals surface area contributed by atoms with Crippen molar-refractivity contribution >= 4 is 26.0 Å².